The van der Waals surface area contributed by atoms with Crippen molar-refractivity contribution in [2.24, 2.45) is 10.8 Å². The largest absolute Gasteiger partial charge is 0.396 e. The van der Waals surface area contributed by atoms with E-state index >= 15 is 0 Å². The van der Waals surface area contributed by atoms with Gasteiger partial charge in [-0.2, -0.15) is 0 Å². The number of halogens is 2. The molecule has 0 aromatic carbocycles. The lowest BCUT2D eigenvalue weighted by molar-refractivity contribution is 0.236. The van der Waals surface area contributed by atoms with Crippen LogP contribution in [0.25, 0.3) is 0 Å². The molecule has 11 heavy (non-hydrogen) atoms. The fraction of sp³-hybridized carbons (Fsp3) is 1.00. The first kappa shape index (κ1) is 9.63. The van der Waals surface area contributed by atoms with Gasteiger partial charge in [-0.25, -0.2) is 0 Å². The molecule has 1 unspecified atom stereocenters. The number of alkyl halides is 2. The second-order valence-corrected chi connectivity index (χ2v) is 5.33. The van der Waals surface area contributed by atoms with E-state index in [9.17, 15) is 0 Å². The fourth-order valence-corrected chi connectivity index (χ4v) is 2.73. The van der Waals surface area contributed by atoms with Crippen molar-refractivity contribution in [3.8, 4) is 0 Å². The van der Waals surface area contributed by atoms with Crippen LogP contribution in [0.2, 0.25) is 0 Å². The van der Waals surface area contributed by atoms with Crippen molar-refractivity contribution in [3.05, 3.63) is 0 Å². The van der Waals surface area contributed by atoms with Gasteiger partial charge < -0.3 is 5.11 Å². The zero-order valence-electron chi connectivity index (χ0n) is 7.12. The summed E-state index contributed by atoms with van der Waals surface area (Å²) in [4.78, 5) is 0. The zero-order chi connectivity index (χ0) is 8.91. The van der Waals surface area contributed by atoms with E-state index < -0.39 is 4.33 Å². The highest BCUT2D eigenvalue weighted by Crippen LogP contribution is 2.78. The standard InChI is InChI=1S/C8H14Cl2O/c1-6(2)7(3,4-5-11)8(6,9)10/h11H,4-5H2,1-3H3. The van der Waals surface area contributed by atoms with Crippen LogP contribution in [0.1, 0.15) is 27.2 Å². The molecule has 0 aliphatic heterocycles. The van der Waals surface area contributed by atoms with Crippen LogP contribution < -0.4 is 0 Å². The summed E-state index contributed by atoms with van der Waals surface area (Å²) in [6.07, 6.45) is 0.674. The molecule has 1 nitrogen and oxygen atoms in total. The van der Waals surface area contributed by atoms with Crippen molar-refractivity contribution < 1.29 is 5.11 Å². The van der Waals surface area contributed by atoms with Crippen LogP contribution in [0, 0.1) is 10.8 Å². The average Bonchev–Trinajstić information content (AvgIpc) is 2.12. The van der Waals surface area contributed by atoms with E-state index in [1.807, 2.05) is 20.8 Å². The lowest BCUT2D eigenvalue weighted by atomic mass is 9.95. The lowest BCUT2D eigenvalue weighted by Gasteiger charge is -2.10. The summed E-state index contributed by atoms with van der Waals surface area (Å²) in [5.41, 5.74) is -0.205. The molecule has 0 spiro atoms. The highest BCUT2D eigenvalue weighted by molar-refractivity contribution is 6.52. The quantitative estimate of drug-likeness (QED) is 0.674. The van der Waals surface area contributed by atoms with Crippen LogP contribution in [0.15, 0.2) is 0 Å². The van der Waals surface area contributed by atoms with E-state index in [2.05, 4.69) is 0 Å². The topological polar surface area (TPSA) is 20.2 Å². The van der Waals surface area contributed by atoms with E-state index in [-0.39, 0.29) is 17.4 Å². The molecule has 66 valence electrons. The minimum absolute atomic E-state index is 0.0775. The van der Waals surface area contributed by atoms with Gasteiger partial charge in [0.2, 0.25) is 0 Å². The molecule has 1 atom stereocenters. The maximum Gasteiger partial charge on any atom is 0.130 e. The Hall–Kier alpha value is 0.540. The first-order valence-corrected chi connectivity index (χ1v) is 4.55. The molecule has 1 aliphatic rings. The van der Waals surface area contributed by atoms with Gasteiger partial charge in [0.05, 0.1) is 0 Å². The molecule has 0 aromatic heterocycles. The molecule has 1 N–H and O–H groups in total. The number of aliphatic hydroxyl groups is 1. The summed E-state index contributed by atoms with van der Waals surface area (Å²) in [5.74, 6) is 0. The predicted molar refractivity (Wildman–Crippen MR) is 48.0 cm³/mol. The Morgan fingerprint density at radius 2 is 1.55 bits per heavy atom. The van der Waals surface area contributed by atoms with Crippen LogP contribution >= 0.6 is 23.2 Å². The number of hydrogen-bond acceptors (Lipinski definition) is 1. The van der Waals surface area contributed by atoms with Gasteiger partial charge in [0.15, 0.2) is 0 Å². The van der Waals surface area contributed by atoms with Crippen LogP contribution in [0.5, 0.6) is 0 Å². The SMILES string of the molecule is CC1(C)C(Cl)(Cl)C1(C)CCO. The predicted octanol–water partition coefficient (Wildman–Crippen LogP) is 2.59. The van der Waals surface area contributed by atoms with Crippen LogP contribution in [0.4, 0.5) is 0 Å². The molecular formula is C8H14Cl2O. The second kappa shape index (κ2) is 2.27. The smallest absolute Gasteiger partial charge is 0.130 e. The van der Waals surface area contributed by atoms with Crippen molar-refractivity contribution in [1.82, 2.24) is 0 Å². The molecule has 1 saturated carbocycles. The Balaban J connectivity index is 2.78. The Bertz CT molecular complexity index is 161. The first-order valence-electron chi connectivity index (χ1n) is 3.80. The summed E-state index contributed by atoms with van der Waals surface area (Å²) in [7, 11) is 0. The summed E-state index contributed by atoms with van der Waals surface area (Å²) in [6, 6.07) is 0. The summed E-state index contributed by atoms with van der Waals surface area (Å²) < 4.78 is -0.664. The maximum absolute atomic E-state index is 8.79. The van der Waals surface area contributed by atoms with Gasteiger partial charge in [0, 0.05) is 17.4 Å². The second-order valence-electron chi connectivity index (χ2n) is 4.01. The fourth-order valence-electron chi connectivity index (χ4n) is 1.75. The lowest BCUT2D eigenvalue weighted by Crippen LogP contribution is -2.07. The molecule has 0 bridgehead atoms. The average molecular weight is 197 g/mol. The summed E-state index contributed by atoms with van der Waals surface area (Å²) >= 11 is 12.1. The third kappa shape index (κ3) is 0.881. The molecule has 3 heteroatoms. The van der Waals surface area contributed by atoms with Crippen molar-refractivity contribution in [2.45, 2.75) is 31.5 Å². The Kier molecular flexibility index (Phi) is 1.99. The molecule has 1 rings (SSSR count). The number of aliphatic hydroxyl groups excluding tert-OH is 1. The number of rotatable bonds is 2. The van der Waals surface area contributed by atoms with Crippen molar-refractivity contribution >= 4 is 23.2 Å². The van der Waals surface area contributed by atoms with Gasteiger partial charge in [0.25, 0.3) is 0 Å². The normalized spacial score (nSPS) is 38.7. The summed E-state index contributed by atoms with van der Waals surface area (Å²) in [5, 5.41) is 8.79. The zero-order valence-corrected chi connectivity index (χ0v) is 8.63. The Labute approximate surface area is 77.7 Å². The van der Waals surface area contributed by atoms with Crippen LogP contribution in [-0.4, -0.2) is 16.0 Å². The molecule has 0 aromatic rings. The molecule has 0 saturated heterocycles. The first-order chi connectivity index (χ1) is 4.81. The van der Waals surface area contributed by atoms with E-state index in [0.29, 0.717) is 6.42 Å². The summed E-state index contributed by atoms with van der Waals surface area (Å²) in [6.45, 7) is 6.23. The molecular weight excluding hydrogens is 183 g/mol. The van der Waals surface area contributed by atoms with Crippen molar-refractivity contribution in [2.75, 3.05) is 6.61 Å². The highest BCUT2D eigenvalue weighted by Gasteiger charge is 2.78. The highest BCUT2D eigenvalue weighted by atomic mass is 35.5. The van der Waals surface area contributed by atoms with Gasteiger partial charge in [-0.05, 0) is 6.42 Å². The maximum atomic E-state index is 8.79. The van der Waals surface area contributed by atoms with Gasteiger partial charge in [-0.15, -0.1) is 23.2 Å². The van der Waals surface area contributed by atoms with Crippen molar-refractivity contribution in [1.29, 1.82) is 0 Å². The third-order valence-corrected chi connectivity index (χ3v) is 5.19. The van der Waals surface area contributed by atoms with E-state index in [4.69, 9.17) is 28.3 Å². The van der Waals surface area contributed by atoms with Gasteiger partial charge in [-0.3, -0.25) is 0 Å². The monoisotopic (exact) mass is 196 g/mol. The van der Waals surface area contributed by atoms with E-state index in [0.717, 1.165) is 0 Å². The minimum Gasteiger partial charge on any atom is -0.396 e. The van der Waals surface area contributed by atoms with Crippen LogP contribution in [-0.2, 0) is 0 Å². The van der Waals surface area contributed by atoms with E-state index in [1.54, 1.807) is 0 Å². The van der Waals surface area contributed by atoms with Crippen LogP contribution in [0.3, 0.4) is 0 Å². The number of hydrogen-bond donors (Lipinski definition) is 1. The molecule has 0 radical (unpaired) electrons. The molecule has 0 heterocycles. The minimum atomic E-state index is -0.664. The Morgan fingerprint density at radius 1 is 1.18 bits per heavy atom. The molecule has 0 amide bonds. The van der Waals surface area contributed by atoms with E-state index in [1.165, 1.54) is 0 Å². The third-order valence-electron chi connectivity index (χ3n) is 3.41. The van der Waals surface area contributed by atoms with Gasteiger partial charge in [0.1, 0.15) is 4.33 Å². The molecule has 1 fully saturated rings. The Morgan fingerprint density at radius 3 is 1.64 bits per heavy atom. The van der Waals surface area contributed by atoms with Crippen molar-refractivity contribution in [3.63, 3.8) is 0 Å². The van der Waals surface area contributed by atoms with Gasteiger partial charge in [-0.1, -0.05) is 20.8 Å². The van der Waals surface area contributed by atoms with Gasteiger partial charge >= 0.3 is 0 Å². The molecule has 1 aliphatic carbocycles.